The van der Waals surface area contributed by atoms with Crippen LogP contribution in [0.3, 0.4) is 0 Å². The van der Waals surface area contributed by atoms with Crippen molar-refractivity contribution >= 4 is 34.3 Å². The van der Waals surface area contributed by atoms with E-state index in [1.54, 1.807) is 19.1 Å². The van der Waals surface area contributed by atoms with Gasteiger partial charge < -0.3 is 20.4 Å². The summed E-state index contributed by atoms with van der Waals surface area (Å²) >= 11 is 6.11. The van der Waals surface area contributed by atoms with E-state index in [-0.39, 0.29) is 18.1 Å². The zero-order chi connectivity index (χ0) is 18.7. The van der Waals surface area contributed by atoms with Crippen LogP contribution >= 0.6 is 11.6 Å². The van der Waals surface area contributed by atoms with Gasteiger partial charge in [0.2, 0.25) is 0 Å². The van der Waals surface area contributed by atoms with Gasteiger partial charge in [0.15, 0.2) is 0 Å². The van der Waals surface area contributed by atoms with Crippen molar-refractivity contribution in [1.82, 2.24) is 15.6 Å². The topological polar surface area (TPSA) is 83.2 Å². The predicted octanol–water partition coefficient (Wildman–Crippen LogP) is 2.67. The van der Waals surface area contributed by atoms with Crippen LogP contribution in [-0.2, 0) is 4.79 Å². The van der Waals surface area contributed by atoms with E-state index in [2.05, 4.69) is 15.6 Å². The van der Waals surface area contributed by atoms with E-state index in [9.17, 15) is 18.4 Å². The zero-order valence-corrected chi connectivity index (χ0v) is 14.6. The fourth-order valence-corrected chi connectivity index (χ4v) is 2.86. The number of halogens is 3. The molecule has 136 valence electrons. The van der Waals surface area contributed by atoms with E-state index in [0.717, 1.165) is 0 Å². The third-order valence-electron chi connectivity index (χ3n) is 3.84. The lowest BCUT2D eigenvalue weighted by Gasteiger charge is -2.14. The molecule has 0 radical (unpaired) electrons. The van der Waals surface area contributed by atoms with Gasteiger partial charge in [-0.05, 0) is 17.7 Å². The minimum absolute atomic E-state index is 0.0505. The number of carbonyl (C=O) groups excluding carboxylic acids is 2. The summed E-state index contributed by atoms with van der Waals surface area (Å²) in [7, 11) is 2.94. The summed E-state index contributed by atoms with van der Waals surface area (Å²) in [5.41, 5.74) is 1.46. The van der Waals surface area contributed by atoms with Crippen LogP contribution in [0, 0.1) is 0 Å². The summed E-state index contributed by atoms with van der Waals surface area (Å²) in [6, 6.07) is 3.29. The number of H-pyrrole nitrogens is 1. The number of fused-ring (bicyclic) bond motifs is 1. The quantitative estimate of drug-likeness (QED) is 0.728. The maximum atomic E-state index is 12.4. The van der Waals surface area contributed by atoms with Gasteiger partial charge in [-0.1, -0.05) is 18.5 Å². The average molecular weight is 374 g/mol. The third kappa shape index (κ3) is 3.84. The Morgan fingerprint density at radius 1 is 1.36 bits per heavy atom. The highest BCUT2D eigenvalue weighted by molar-refractivity contribution is 6.33. The number of ether oxygens (including phenoxy) is 1. The lowest BCUT2D eigenvalue weighted by atomic mass is 9.96. The normalized spacial score (nSPS) is 12.3. The van der Waals surface area contributed by atoms with E-state index in [1.807, 2.05) is 0 Å². The lowest BCUT2D eigenvalue weighted by molar-refractivity contribution is -0.131. The van der Waals surface area contributed by atoms with Crippen molar-refractivity contribution in [2.75, 3.05) is 20.7 Å². The molecule has 1 aromatic heterocycles. The molecule has 0 saturated heterocycles. The summed E-state index contributed by atoms with van der Waals surface area (Å²) in [6.07, 6.45) is -3.09. The molecule has 0 saturated carbocycles. The van der Waals surface area contributed by atoms with Gasteiger partial charge in [0, 0.05) is 30.4 Å². The Morgan fingerprint density at radius 3 is 2.60 bits per heavy atom. The van der Waals surface area contributed by atoms with Crippen LogP contribution < -0.4 is 15.4 Å². The van der Waals surface area contributed by atoms with Crippen molar-refractivity contribution in [2.45, 2.75) is 19.3 Å². The van der Waals surface area contributed by atoms with Crippen molar-refractivity contribution in [3.8, 4) is 5.75 Å². The Morgan fingerprint density at radius 2 is 2.04 bits per heavy atom. The summed E-state index contributed by atoms with van der Waals surface area (Å²) in [6.45, 7) is 1.67. The molecule has 3 N–H and O–H groups in total. The van der Waals surface area contributed by atoms with Gasteiger partial charge in [0.05, 0.1) is 12.1 Å². The number of aromatic amines is 1. The van der Waals surface area contributed by atoms with Crippen molar-refractivity contribution in [1.29, 1.82) is 0 Å². The molecule has 1 aromatic carbocycles. The molecule has 0 spiro atoms. The molecule has 1 atom stereocenters. The van der Waals surface area contributed by atoms with Crippen LogP contribution in [0.1, 0.15) is 28.9 Å². The van der Waals surface area contributed by atoms with E-state index in [1.165, 1.54) is 14.2 Å². The van der Waals surface area contributed by atoms with Crippen molar-refractivity contribution in [2.24, 2.45) is 0 Å². The number of methoxy groups -OCH3 is 1. The van der Waals surface area contributed by atoms with E-state index in [4.69, 9.17) is 16.3 Å². The zero-order valence-electron chi connectivity index (χ0n) is 13.9. The molecule has 0 bridgehead atoms. The number of hydrogen-bond acceptors (Lipinski definition) is 3. The van der Waals surface area contributed by atoms with Crippen LogP contribution in [0.25, 0.3) is 10.9 Å². The number of benzene rings is 1. The van der Waals surface area contributed by atoms with Crippen LogP contribution in [0.4, 0.5) is 8.78 Å². The summed E-state index contributed by atoms with van der Waals surface area (Å²) in [5.74, 6) is -1.71. The smallest absolute Gasteiger partial charge is 0.315 e. The number of nitrogens with one attached hydrogen (secondary N) is 3. The number of carbonyl (C=O) groups is 2. The maximum absolute atomic E-state index is 12.4. The van der Waals surface area contributed by atoms with E-state index < -0.39 is 18.3 Å². The van der Waals surface area contributed by atoms with Gasteiger partial charge in [-0.15, -0.1) is 0 Å². The Balaban J connectivity index is 2.50. The second-order valence-corrected chi connectivity index (χ2v) is 5.88. The summed E-state index contributed by atoms with van der Waals surface area (Å²) in [5, 5.41) is 5.72. The van der Waals surface area contributed by atoms with Crippen LogP contribution in [0.5, 0.6) is 5.75 Å². The maximum Gasteiger partial charge on any atom is 0.315 e. The van der Waals surface area contributed by atoms with Crippen LogP contribution in [-0.4, -0.2) is 43.9 Å². The first kappa shape index (κ1) is 19.0. The number of alkyl halides is 2. The highest BCUT2D eigenvalue weighted by atomic mass is 35.5. The van der Waals surface area contributed by atoms with Gasteiger partial charge in [0.25, 0.3) is 11.8 Å². The molecule has 9 heteroatoms. The molecule has 25 heavy (non-hydrogen) atoms. The van der Waals surface area contributed by atoms with Crippen LogP contribution in [0.2, 0.25) is 5.02 Å². The first-order valence-corrected chi connectivity index (χ1v) is 7.85. The Bertz CT molecular complexity index is 808. The molecule has 2 rings (SSSR count). The highest BCUT2D eigenvalue weighted by Crippen LogP contribution is 2.36. The third-order valence-corrected chi connectivity index (χ3v) is 4.13. The molecule has 2 amide bonds. The van der Waals surface area contributed by atoms with E-state index in [0.29, 0.717) is 27.2 Å². The summed E-state index contributed by atoms with van der Waals surface area (Å²) < 4.78 is 29.9. The van der Waals surface area contributed by atoms with Gasteiger partial charge in [-0.25, -0.2) is 0 Å². The fourth-order valence-electron chi connectivity index (χ4n) is 2.62. The second kappa shape index (κ2) is 7.69. The minimum atomic E-state index is -3.09. The lowest BCUT2D eigenvalue weighted by Crippen LogP contribution is -2.33. The first-order valence-electron chi connectivity index (χ1n) is 7.47. The molecule has 1 heterocycles. The first-order chi connectivity index (χ1) is 11.8. The Labute approximate surface area is 147 Å². The van der Waals surface area contributed by atoms with Gasteiger partial charge in [-0.2, -0.15) is 8.78 Å². The van der Waals surface area contributed by atoms with Crippen LogP contribution in [0.15, 0.2) is 12.1 Å². The number of rotatable bonds is 6. The minimum Gasteiger partial charge on any atom is -0.495 e. The standard InChI is InChI=1S/C16H18ClF2N3O3/c1-7(6-21-16(24)14(18)19)12-8-4-11(25-3)9(17)5-10(8)22-13(12)15(23)20-2/h4-5,7,14,22H,6H2,1-3H3,(H,20,23)(H,21,24)/t7-/m1/s1. The fraction of sp³-hybridized carbons (Fsp3) is 0.375. The second-order valence-electron chi connectivity index (χ2n) is 5.47. The molecule has 2 aromatic rings. The molecule has 0 aliphatic carbocycles. The SMILES string of the molecule is CNC(=O)c1[nH]c2cc(Cl)c(OC)cc2c1[C@H](C)CNC(=O)C(F)F. The van der Waals surface area contributed by atoms with Crippen molar-refractivity contribution in [3.63, 3.8) is 0 Å². The average Bonchev–Trinajstić information content (AvgIpc) is 2.95. The number of amides is 2. The van der Waals surface area contributed by atoms with Gasteiger partial charge >= 0.3 is 6.43 Å². The molecule has 0 aliphatic rings. The Hall–Kier alpha value is -2.35. The molecule has 6 nitrogen and oxygen atoms in total. The largest absolute Gasteiger partial charge is 0.495 e. The molecular formula is C16H18ClF2N3O3. The number of hydrogen-bond donors (Lipinski definition) is 3. The molecule has 0 aliphatic heterocycles. The molecule has 0 unspecified atom stereocenters. The van der Waals surface area contributed by atoms with Gasteiger partial charge in [-0.3, -0.25) is 9.59 Å². The van der Waals surface area contributed by atoms with E-state index >= 15 is 0 Å². The van der Waals surface area contributed by atoms with Crippen molar-refractivity contribution < 1.29 is 23.1 Å². The number of aromatic nitrogens is 1. The summed E-state index contributed by atoms with van der Waals surface area (Å²) in [4.78, 5) is 26.3. The molecular weight excluding hydrogens is 356 g/mol. The predicted molar refractivity (Wildman–Crippen MR) is 90.7 cm³/mol. The van der Waals surface area contributed by atoms with Gasteiger partial charge in [0.1, 0.15) is 11.4 Å². The highest BCUT2D eigenvalue weighted by Gasteiger charge is 2.24. The monoisotopic (exact) mass is 373 g/mol. The molecule has 0 fully saturated rings. The Kier molecular flexibility index (Phi) is 5.84. The van der Waals surface area contributed by atoms with Crippen molar-refractivity contribution in [3.05, 3.63) is 28.4 Å².